The Morgan fingerprint density at radius 2 is 1.41 bits per heavy atom. The maximum atomic E-state index is 12.7. The largest absolute Gasteiger partial charge is 0.342 e. The zero-order chi connectivity index (χ0) is 19.4. The van der Waals surface area contributed by atoms with Gasteiger partial charge in [-0.1, -0.05) is 12.8 Å². The number of sulfone groups is 1. The average Bonchev–Trinajstić information content (AvgIpc) is 2.96. The van der Waals surface area contributed by atoms with Crippen molar-refractivity contribution in [2.45, 2.75) is 43.4 Å². The first-order valence-corrected chi connectivity index (χ1v) is 11.6. The lowest BCUT2D eigenvalue weighted by Crippen LogP contribution is -2.44. The summed E-state index contributed by atoms with van der Waals surface area (Å²) in [5.41, 5.74) is 0.486. The molecule has 1 aromatic carbocycles. The van der Waals surface area contributed by atoms with E-state index in [-0.39, 0.29) is 22.6 Å². The van der Waals surface area contributed by atoms with Crippen molar-refractivity contribution in [3.05, 3.63) is 29.8 Å². The molecule has 7 heteroatoms. The fraction of sp³-hybridized carbons (Fsp3) is 0.600. The first kappa shape index (κ1) is 19.9. The minimum absolute atomic E-state index is 0.0137. The van der Waals surface area contributed by atoms with Crippen LogP contribution in [0.15, 0.2) is 29.2 Å². The van der Waals surface area contributed by atoms with Crippen LogP contribution in [0.25, 0.3) is 0 Å². The number of carbonyl (C=O) groups excluding carboxylic acids is 2. The fourth-order valence-electron chi connectivity index (χ4n) is 3.91. The van der Waals surface area contributed by atoms with Gasteiger partial charge in [-0.05, 0) is 49.9 Å². The standard InChI is InChI=1S/C20H28N2O4S/c1-27(25,26)18-8-6-16(7-9-18)19(23)22-14-10-17(11-15-22)20(24)21-12-4-2-3-5-13-21/h6-9,17H,2-5,10-15H2,1H3. The molecule has 0 radical (unpaired) electrons. The Bertz CT molecular complexity index is 773. The Labute approximate surface area is 161 Å². The molecular formula is C20H28N2O4S. The Morgan fingerprint density at radius 1 is 0.852 bits per heavy atom. The van der Waals surface area contributed by atoms with Gasteiger partial charge in [0.15, 0.2) is 9.84 Å². The molecule has 0 aliphatic carbocycles. The van der Waals surface area contributed by atoms with E-state index < -0.39 is 9.84 Å². The minimum Gasteiger partial charge on any atom is -0.342 e. The first-order chi connectivity index (χ1) is 12.9. The second-order valence-electron chi connectivity index (χ2n) is 7.60. The van der Waals surface area contributed by atoms with Crippen molar-refractivity contribution in [1.29, 1.82) is 0 Å². The summed E-state index contributed by atoms with van der Waals surface area (Å²) in [6.07, 6.45) is 7.13. The van der Waals surface area contributed by atoms with Crippen LogP contribution in [0.5, 0.6) is 0 Å². The minimum atomic E-state index is -3.27. The lowest BCUT2D eigenvalue weighted by atomic mass is 9.94. The van der Waals surface area contributed by atoms with Gasteiger partial charge in [-0.15, -0.1) is 0 Å². The lowest BCUT2D eigenvalue weighted by Gasteiger charge is -2.34. The van der Waals surface area contributed by atoms with Gasteiger partial charge < -0.3 is 9.80 Å². The van der Waals surface area contributed by atoms with Crippen molar-refractivity contribution in [3.8, 4) is 0 Å². The van der Waals surface area contributed by atoms with Crippen LogP contribution in [-0.4, -0.2) is 62.5 Å². The molecule has 3 rings (SSSR count). The monoisotopic (exact) mass is 392 g/mol. The molecule has 27 heavy (non-hydrogen) atoms. The molecule has 2 aliphatic rings. The van der Waals surface area contributed by atoms with Crippen molar-refractivity contribution in [3.63, 3.8) is 0 Å². The van der Waals surface area contributed by atoms with Gasteiger partial charge in [-0.2, -0.15) is 0 Å². The molecule has 0 N–H and O–H groups in total. The van der Waals surface area contributed by atoms with Crippen LogP contribution >= 0.6 is 0 Å². The summed E-state index contributed by atoms with van der Waals surface area (Å²) in [5.74, 6) is 0.164. The molecule has 2 amide bonds. The molecule has 2 aliphatic heterocycles. The van der Waals surface area contributed by atoms with Crippen LogP contribution in [0.1, 0.15) is 48.9 Å². The topological polar surface area (TPSA) is 74.8 Å². The number of amides is 2. The Balaban J connectivity index is 1.56. The number of likely N-dealkylation sites (tertiary alicyclic amines) is 2. The number of hydrogen-bond acceptors (Lipinski definition) is 4. The highest BCUT2D eigenvalue weighted by molar-refractivity contribution is 7.90. The third-order valence-corrected chi connectivity index (χ3v) is 6.71. The zero-order valence-corrected chi connectivity index (χ0v) is 16.7. The van der Waals surface area contributed by atoms with Crippen molar-refractivity contribution >= 4 is 21.7 Å². The van der Waals surface area contributed by atoms with Gasteiger partial charge in [0.2, 0.25) is 5.91 Å². The van der Waals surface area contributed by atoms with E-state index in [1.54, 1.807) is 17.0 Å². The number of rotatable bonds is 3. The van der Waals surface area contributed by atoms with Crippen LogP contribution in [0.4, 0.5) is 0 Å². The summed E-state index contributed by atoms with van der Waals surface area (Å²) in [7, 11) is -3.27. The highest BCUT2D eigenvalue weighted by Crippen LogP contribution is 2.23. The summed E-state index contributed by atoms with van der Waals surface area (Å²) in [6.45, 7) is 2.86. The fourth-order valence-corrected chi connectivity index (χ4v) is 4.54. The van der Waals surface area contributed by atoms with Gasteiger partial charge in [0.1, 0.15) is 0 Å². The zero-order valence-electron chi connectivity index (χ0n) is 15.9. The molecule has 0 atom stereocenters. The molecule has 2 heterocycles. The van der Waals surface area contributed by atoms with Crippen LogP contribution < -0.4 is 0 Å². The van der Waals surface area contributed by atoms with Crippen molar-refractivity contribution in [2.24, 2.45) is 5.92 Å². The average molecular weight is 393 g/mol. The Hall–Kier alpha value is -1.89. The molecule has 6 nitrogen and oxygen atoms in total. The highest BCUT2D eigenvalue weighted by Gasteiger charge is 2.30. The lowest BCUT2D eigenvalue weighted by molar-refractivity contribution is -0.136. The molecule has 0 bridgehead atoms. The van der Waals surface area contributed by atoms with Gasteiger partial charge in [0.05, 0.1) is 4.90 Å². The number of benzene rings is 1. The third-order valence-electron chi connectivity index (χ3n) is 5.58. The normalized spacial score (nSPS) is 19.6. The maximum absolute atomic E-state index is 12.7. The van der Waals surface area contributed by atoms with E-state index in [0.717, 1.165) is 32.2 Å². The van der Waals surface area contributed by atoms with E-state index in [9.17, 15) is 18.0 Å². The predicted octanol–water partition coefficient (Wildman–Crippen LogP) is 2.34. The molecule has 0 unspecified atom stereocenters. The van der Waals surface area contributed by atoms with E-state index in [1.807, 2.05) is 4.90 Å². The predicted molar refractivity (Wildman–Crippen MR) is 103 cm³/mol. The summed E-state index contributed by atoms with van der Waals surface area (Å²) < 4.78 is 23.1. The van der Waals surface area contributed by atoms with Crippen LogP contribution in [0, 0.1) is 5.92 Å². The van der Waals surface area contributed by atoms with E-state index in [1.165, 1.54) is 25.0 Å². The number of piperidine rings is 1. The van der Waals surface area contributed by atoms with Gasteiger partial charge >= 0.3 is 0 Å². The Kier molecular flexibility index (Phi) is 6.19. The van der Waals surface area contributed by atoms with E-state index in [0.29, 0.717) is 31.5 Å². The molecule has 0 saturated carbocycles. The SMILES string of the molecule is CS(=O)(=O)c1ccc(C(=O)N2CCC(C(=O)N3CCCCCC3)CC2)cc1. The summed E-state index contributed by atoms with van der Waals surface area (Å²) in [6, 6.07) is 6.07. The Morgan fingerprint density at radius 3 is 1.93 bits per heavy atom. The molecule has 0 aromatic heterocycles. The smallest absolute Gasteiger partial charge is 0.253 e. The van der Waals surface area contributed by atoms with Gasteiger partial charge in [0, 0.05) is 43.9 Å². The summed E-state index contributed by atoms with van der Waals surface area (Å²) in [4.78, 5) is 29.4. The van der Waals surface area contributed by atoms with Gasteiger partial charge in [-0.3, -0.25) is 9.59 Å². The maximum Gasteiger partial charge on any atom is 0.253 e. The molecule has 1 aromatic rings. The molecule has 0 spiro atoms. The number of carbonyl (C=O) groups is 2. The number of nitrogens with zero attached hydrogens (tertiary/aromatic N) is 2. The van der Waals surface area contributed by atoms with Crippen molar-refractivity contribution in [1.82, 2.24) is 9.80 Å². The van der Waals surface area contributed by atoms with Crippen molar-refractivity contribution < 1.29 is 18.0 Å². The van der Waals surface area contributed by atoms with Crippen LogP contribution in [-0.2, 0) is 14.6 Å². The molecule has 2 fully saturated rings. The highest BCUT2D eigenvalue weighted by atomic mass is 32.2. The second-order valence-corrected chi connectivity index (χ2v) is 9.62. The van der Waals surface area contributed by atoms with Crippen LogP contribution in [0.2, 0.25) is 0 Å². The van der Waals surface area contributed by atoms with Crippen molar-refractivity contribution in [2.75, 3.05) is 32.4 Å². The first-order valence-electron chi connectivity index (χ1n) is 9.74. The molecule has 148 valence electrons. The molecular weight excluding hydrogens is 364 g/mol. The third kappa shape index (κ3) is 4.89. The van der Waals surface area contributed by atoms with Gasteiger partial charge in [0.25, 0.3) is 5.91 Å². The quantitative estimate of drug-likeness (QED) is 0.791. The van der Waals surface area contributed by atoms with E-state index in [2.05, 4.69) is 0 Å². The van der Waals surface area contributed by atoms with Crippen LogP contribution in [0.3, 0.4) is 0 Å². The molecule has 2 saturated heterocycles. The summed E-state index contributed by atoms with van der Waals surface area (Å²) in [5, 5.41) is 0. The van der Waals surface area contributed by atoms with E-state index in [4.69, 9.17) is 0 Å². The number of hydrogen-bond donors (Lipinski definition) is 0. The summed E-state index contributed by atoms with van der Waals surface area (Å²) >= 11 is 0. The van der Waals surface area contributed by atoms with E-state index >= 15 is 0 Å². The second kappa shape index (κ2) is 8.42. The van der Waals surface area contributed by atoms with Gasteiger partial charge in [-0.25, -0.2) is 8.42 Å².